The lowest BCUT2D eigenvalue weighted by molar-refractivity contribution is -0.163. The van der Waals surface area contributed by atoms with Gasteiger partial charge in [0.25, 0.3) is 11.7 Å². The Balaban J connectivity index is 1.65. The quantitative estimate of drug-likeness (QED) is 0.253. The number of nitrogens with one attached hydrogen (secondary N) is 2. The summed E-state index contributed by atoms with van der Waals surface area (Å²) in [6.45, 7) is 0.960. The molecule has 3 rings (SSSR count). The number of aliphatic hydroxyl groups is 1. The third-order valence-electron chi connectivity index (χ3n) is 4.90. The highest BCUT2D eigenvalue weighted by atomic mass is 35.5. The van der Waals surface area contributed by atoms with E-state index in [-0.39, 0.29) is 25.3 Å². The normalized spacial score (nSPS) is 12.3. The van der Waals surface area contributed by atoms with E-state index in [1.807, 2.05) is 42.5 Å². The molecule has 12 nitrogen and oxygen atoms in total. The van der Waals surface area contributed by atoms with Gasteiger partial charge in [0.15, 0.2) is 6.10 Å². The molecule has 0 bridgehead atoms. The minimum Gasteiger partial charge on any atom is -0.435 e. The van der Waals surface area contributed by atoms with Crippen LogP contribution in [0.4, 0.5) is 4.79 Å². The zero-order chi connectivity index (χ0) is 25.9. The van der Waals surface area contributed by atoms with Crippen molar-refractivity contribution in [1.82, 2.24) is 25.9 Å². The van der Waals surface area contributed by atoms with Gasteiger partial charge in [-0.3, -0.25) is 4.79 Å². The number of carbonyl (C=O) groups excluding carboxylic acids is 3. The Morgan fingerprint density at radius 3 is 2.53 bits per heavy atom. The van der Waals surface area contributed by atoms with Gasteiger partial charge >= 0.3 is 12.1 Å². The zero-order valence-electron chi connectivity index (χ0n) is 19.2. The smallest absolute Gasteiger partial charge is 0.435 e. The van der Waals surface area contributed by atoms with E-state index in [1.54, 1.807) is 13.0 Å². The van der Waals surface area contributed by atoms with Gasteiger partial charge in [0, 0.05) is 17.5 Å². The van der Waals surface area contributed by atoms with Crippen molar-refractivity contribution in [2.45, 2.75) is 31.9 Å². The molecule has 0 saturated carbocycles. The highest BCUT2D eigenvalue weighted by Crippen LogP contribution is 2.23. The Morgan fingerprint density at radius 1 is 1.08 bits per heavy atom. The average Bonchev–Trinajstić information content (AvgIpc) is 3.40. The summed E-state index contributed by atoms with van der Waals surface area (Å²) in [4.78, 5) is 35.8. The van der Waals surface area contributed by atoms with E-state index < -0.39 is 37.0 Å². The van der Waals surface area contributed by atoms with Crippen LogP contribution in [0.1, 0.15) is 29.5 Å². The van der Waals surface area contributed by atoms with Crippen molar-refractivity contribution >= 4 is 29.6 Å². The van der Waals surface area contributed by atoms with Crippen molar-refractivity contribution in [3.05, 3.63) is 64.9 Å². The zero-order valence-corrected chi connectivity index (χ0v) is 20.0. The predicted octanol–water partition coefficient (Wildman–Crippen LogP) is 2.29. The highest BCUT2D eigenvalue weighted by Gasteiger charge is 2.25. The maximum atomic E-state index is 12.5. The fourth-order valence-corrected chi connectivity index (χ4v) is 3.43. The Hall–Kier alpha value is -4.03. The van der Waals surface area contributed by atoms with Gasteiger partial charge in [0.1, 0.15) is 0 Å². The fraction of sp³-hybridized carbons (Fsp3) is 0.304. The summed E-state index contributed by atoms with van der Waals surface area (Å²) >= 11 is 6.07. The summed E-state index contributed by atoms with van der Waals surface area (Å²) in [7, 11) is 0. The Morgan fingerprint density at radius 2 is 1.86 bits per heavy atom. The van der Waals surface area contributed by atoms with Gasteiger partial charge < -0.3 is 24.6 Å². The maximum absolute atomic E-state index is 12.5. The number of aromatic amines is 1. The summed E-state index contributed by atoms with van der Waals surface area (Å²) in [5.74, 6) is -1.87. The largest absolute Gasteiger partial charge is 0.511 e. The lowest BCUT2D eigenvalue weighted by atomic mass is 9.98. The minimum atomic E-state index is -1.61. The number of carbonyl (C=O) groups is 3. The molecule has 2 aromatic carbocycles. The number of hydrogen-bond donors (Lipinski definition) is 3. The molecular formula is C23H24ClN5O7. The molecule has 0 spiro atoms. The van der Waals surface area contributed by atoms with Crippen LogP contribution in [0.2, 0.25) is 5.02 Å². The average molecular weight is 518 g/mol. The molecule has 1 amide bonds. The van der Waals surface area contributed by atoms with Crippen molar-refractivity contribution in [3.63, 3.8) is 0 Å². The molecule has 0 radical (unpaired) electrons. The molecule has 0 unspecified atom stereocenters. The molecule has 0 aliphatic carbocycles. The molecule has 13 heteroatoms. The van der Waals surface area contributed by atoms with Crippen LogP contribution in [0.25, 0.3) is 11.1 Å². The van der Waals surface area contributed by atoms with Crippen LogP contribution in [-0.4, -0.2) is 69.3 Å². The van der Waals surface area contributed by atoms with E-state index in [4.69, 9.17) is 16.3 Å². The number of ether oxygens (including phenoxy) is 3. The van der Waals surface area contributed by atoms with E-state index >= 15 is 0 Å². The van der Waals surface area contributed by atoms with Gasteiger partial charge in [-0.25, -0.2) is 9.59 Å². The van der Waals surface area contributed by atoms with Gasteiger partial charge in [0.05, 0.1) is 6.61 Å². The van der Waals surface area contributed by atoms with Gasteiger partial charge in [0.2, 0.25) is 6.79 Å². The van der Waals surface area contributed by atoms with Crippen molar-refractivity contribution in [2.24, 2.45) is 0 Å². The van der Waals surface area contributed by atoms with Crippen molar-refractivity contribution in [2.75, 3.05) is 13.4 Å². The number of amides is 1. The molecule has 3 aromatic rings. The first-order valence-corrected chi connectivity index (χ1v) is 11.3. The van der Waals surface area contributed by atoms with Gasteiger partial charge in [-0.05, 0) is 47.4 Å². The number of benzene rings is 2. The molecule has 0 aliphatic heterocycles. The third-order valence-corrected chi connectivity index (χ3v) is 5.13. The number of nitrogens with zero attached hydrogens (tertiary/aromatic N) is 3. The molecule has 36 heavy (non-hydrogen) atoms. The first kappa shape index (κ1) is 26.6. The number of tetrazole rings is 1. The van der Waals surface area contributed by atoms with Gasteiger partial charge in [-0.2, -0.15) is 5.21 Å². The van der Waals surface area contributed by atoms with E-state index in [2.05, 4.69) is 35.4 Å². The second-order valence-corrected chi connectivity index (χ2v) is 7.91. The van der Waals surface area contributed by atoms with Crippen molar-refractivity contribution in [3.8, 4) is 11.1 Å². The molecule has 0 saturated heterocycles. The third kappa shape index (κ3) is 8.03. The van der Waals surface area contributed by atoms with Crippen LogP contribution in [0.3, 0.4) is 0 Å². The molecular weight excluding hydrogens is 494 g/mol. The maximum Gasteiger partial charge on any atom is 0.511 e. The summed E-state index contributed by atoms with van der Waals surface area (Å²) in [6.07, 6.45) is -2.55. The van der Waals surface area contributed by atoms with Crippen LogP contribution in [0.15, 0.2) is 48.5 Å². The number of aliphatic hydroxyl groups excluding tert-OH is 1. The van der Waals surface area contributed by atoms with Crippen molar-refractivity contribution in [1.29, 1.82) is 0 Å². The molecule has 0 fully saturated rings. The molecule has 3 N–H and O–H groups in total. The Kier molecular flexibility index (Phi) is 9.72. The summed E-state index contributed by atoms with van der Waals surface area (Å²) in [6, 6.07) is 14.2. The van der Waals surface area contributed by atoms with Crippen LogP contribution >= 0.6 is 11.6 Å². The Bertz CT molecular complexity index is 1160. The van der Waals surface area contributed by atoms with Crippen LogP contribution < -0.4 is 5.32 Å². The lowest BCUT2D eigenvalue weighted by Gasteiger charge is -2.21. The molecule has 1 aromatic heterocycles. The predicted molar refractivity (Wildman–Crippen MR) is 126 cm³/mol. The monoisotopic (exact) mass is 517 g/mol. The van der Waals surface area contributed by atoms with Crippen LogP contribution in [0.5, 0.6) is 0 Å². The molecule has 2 atom stereocenters. The van der Waals surface area contributed by atoms with Gasteiger partial charge in [-0.1, -0.05) is 48.0 Å². The molecule has 190 valence electrons. The standard InChI is InChI=1S/C23H24ClN5O7/c1-2-34-23(33)36-13-35-22(32)19(30)12-18(25-21(31)20-26-28-29-27-20)10-14-6-8-15(9-7-14)16-4-3-5-17(24)11-16/h3-9,11,18-19,30H,2,10,12-13H2,1H3,(H,25,31)(H,26,27,28,29)/t18-,19-/m1/s1. The topological polar surface area (TPSA) is 166 Å². The number of hydrogen-bond acceptors (Lipinski definition) is 10. The summed E-state index contributed by atoms with van der Waals surface area (Å²) in [5, 5.41) is 26.4. The number of aromatic nitrogens is 4. The molecule has 1 heterocycles. The molecule has 0 aliphatic rings. The first-order chi connectivity index (χ1) is 17.4. The minimum absolute atomic E-state index is 0.0945. The number of H-pyrrole nitrogens is 1. The second kappa shape index (κ2) is 13.2. The summed E-state index contributed by atoms with van der Waals surface area (Å²) < 4.78 is 13.8. The fourth-order valence-electron chi connectivity index (χ4n) is 3.24. The number of esters is 1. The van der Waals surface area contributed by atoms with Crippen molar-refractivity contribution < 1.29 is 33.7 Å². The second-order valence-electron chi connectivity index (χ2n) is 7.48. The highest BCUT2D eigenvalue weighted by molar-refractivity contribution is 6.30. The number of rotatable bonds is 11. The van der Waals surface area contributed by atoms with Crippen LogP contribution in [0, 0.1) is 0 Å². The van der Waals surface area contributed by atoms with E-state index in [1.165, 1.54) is 0 Å². The van der Waals surface area contributed by atoms with Gasteiger partial charge in [-0.15, -0.1) is 10.2 Å². The van der Waals surface area contributed by atoms with E-state index in [0.717, 1.165) is 16.7 Å². The Labute approximate surface area is 210 Å². The van der Waals surface area contributed by atoms with Crippen LogP contribution in [-0.2, 0) is 25.4 Å². The van der Waals surface area contributed by atoms with E-state index in [0.29, 0.717) is 5.02 Å². The van der Waals surface area contributed by atoms with E-state index in [9.17, 15) is 19.5 Å². The number of halogens is 1. The SMILES string of the molecule is CCOC(=O)OCOC(=O)[C@H](O)C[C@@H](Cc1ccc(-c2cccc(Cl)c2)cc1)NC(=O)c1nn[nH]n1. The summed E-state index contributed by atoms with van der Waals surface area (Å²) in [5.41, 5.74) is 2.71. The lowest BCUT2D eigenvalue weighted by Crippen LogP contribution is -2.41. The first-order valence-electron chi connectivity index (χ1n) is 10.9.